The maximum Gasteiger partial charge on any atom is 0.423 e. The van der Waals surface area contributed by atoms with Crippen LogP contribution in [0.15, 0.2) is 67.0 Å². The molecule has 4 rings (SSSR count). The summed E-state index contributed by atoms with van der Waals surface area (Å²) in [6.07, 6.45) is 3.76. The van der Waals surface area contributed by atoms with Gasteiger partial charge in [-0.3, -0.25) is 4.57 Å². The Balaban J connectivity index is 1.74. The van der Waals surface area contributed by atoms with Crippen molar-refractivity contribution in [2.45, 2.75) is 12.3 Å². The second-order valence-electron chi connectivity index (χ2n) is 6.92. The second kappa shape index (κ2) is 7.59. The van der Waals surface area contributed by atoms with Gasteiger partial charge in [0.25, 0.3) is 0 Å². The Morgan fingerprint density at radius 3 is 2.59 bits per heavy atom. The molecular weight excluding hydrogens is 360 g/mol. The number of aromatic nitrogens is 1. The van der Waals surface area contributed by atoms with Gasteiger partial charge in [0.05, 0.1) is 5.02 Å². The van der Waals surface area contributed by atoms with Gasteiger partial charge >= 0.3 is 6.09 Å². The van der Waals surface area contributed by atoms with Crippen molar-refractivity contribution in [3.8, 4) is 5.75 Å². The number of likely N-dealkylation sites (N-methyl/N-ethyl adjacent to an activating group) is 1. The highest BCUT2D eigenvalue weighted by Gasteiger charge is 2.25. The highest BCUT2D eigenvalue weighted by Crippen LogP contribution is 2.37. The van der Waals surface area contributed by atoms with Gasteiger partial charge in [-0.1, -0.05) is 41.9 Å². The summed E-state index contributed by atoms with van der Waals surface area (Å²) in [6, 6.07) is 17.9. The maximum absolute atomic E-state index is 12.3. The lowest BCUT2D eigenvalue weighted by molar-refractivity contribution is 0.202. The van der Waals surface area contributed by atoms with Gasteiger partial charge in [-0.25, -0.2) is 4.79 Å². The van der Waals surface area contributed by atoms with Crippen LogP contribution < -0.4 is 4.74 Å². The molecule has 0 aliphatic carbocycles. The fourth-order valence-corrected chi connectivity index (χ4v) is 3.84. The molecule has 0 amide bonds. The van der Waals surface area contributed by atoms with E-state index in [9.17, 15) is 4.79 Å². The molecule has 0 bridgehead atoms. The molecule has 1 aliphatic heterocycles. The number of carbonyl (C=O) groups is 1. The van der Waals surface area contributed by atoms with Gasteiger partial charge in [-0.05, 0) is 54.4 Å². The van der Waals surface area contributed by atoms with Gasteiger partial charge in [0, 0.05) is 31.4 Å². The fourth-order valence-electron chi connectivity index (χ4n) is 3.62. The van der Waals surface area contributed by atoms with Gasteiger partial charge < -0.3 is 9.64 Å². The van der Waals surface area contributed by atoms with Crippen LogP contribution in [-0.4, -0.2) is 35.7 Å². The molecule has 27 heavy (non-hydrogen) atoms. The quantitative estimate of drug-likeness (QED) is 0.640. The first kappa shape index (κ1) is 17.8. The van der Waals surface area contributed by atoms with Crippen LogP contribution in [0.5, 0.6) is 5.75 Å². The molecule has 4 nitrogen and oxygen atoms in total. The zero-order valence-corrected chi connectivity index (χ0v) is 15.9. The van der Waals surface area contributed by atoms with Crippen LogP contribution in [0.3, 0.4) is 0 Å². The first-order chi connectivity index (χ1) is 13.1. The minimum absolute atomic E-state index is 0.204. The number of hydrogen-bond acceptors (Lipinski definition) is 3. The minimum atomic E-state index is -0.469. The minimum Gasteiger partial charge on any atom is -0.408 e. The van der Waals surface area contributed by atoms with Crippen molar-refractivity contribution in [2.24, 2.45) is 0 Å². The first-order valence-corrected chi connectivity index (χ1v) is 9.40. The monoisotopic (exact) mass is 380 g/mol. The number of benzene rings is 2. The van der Waals surface area contributed by atoms with Crippen LogP contribution in [0.1, 0.15) is 22.6 Å². The first-order valence-electron chi connectivity index (χ1n) is 9.03. The lowest BCUT2D eigenvalue weighted by Crippen LogP contribution is -2.24. The number of nitrogens with zero attached hydrogens (tertiary/aromatic N) is 2. The zero-order valence-electron chi connectivity index (χ0n) is 15.1. The van der Waals surface area contributed by atoms with Gasteiger partial charge in [-0.15, -0.1) is 0 Å². The molecule has 2 heterocycles. The molecule has 0 spiro atoms. The molecule has 2 aromatic carbocycles. The molecule has 3 aromatic rings. The Morgan fingerprint density at radius 1 is 1.11 bits per heavy atom. The molecule has 0 radical (unpaired) electrons. The van der Waals surface area contributed by atoms with Crippen molar-refractivity contribution in [2.75, 3.05) is 20.1 Å². The van der Waals surface area contributed by atoms with E-state index in [2.05, 4.69) is 36.2 Å². The zero-order chi connectivity index (χ0) is 18.8. The molecule has 0 unspecified atom stereocenters. The highest BCUT2D eigenvalue weighted by atomic mass is 35.5. The topological polar surface area (TPSA) is 34.5 Å². The Kier molecular flexibility index (Phi) is 5.01. The predicted molar refractivity (Wildman–Crippen MR) is 107 cm³/mol. The van der Waals surface area contributed by atoms with Crippen LogP contribution in [0.2, 0.25) is 5.02 Å². The number of carbonyl (C=O) groups excluding carboxylic acids is 1. The van der Waals surface area contributed by atoms with E-state index in [0.29, 0.717) is 10.8 Å². The lowest BCUT2D eigenvalue weighted by Gasteiger charge is -2.22. The standard InChI is InChI=1S/C22H21ClN2O2/c1-24-12-9-17-13-20(23)21(27-22(26)25-10-5-6-11-25)14-18(17)19(15-24)16-7-3-2-4-8-16/h2-8,10-11,13-14,19H,9,12,15H2,1H3/t19-/m0/s1. The molecule has 138 valence electrons. The average molecular weight is 381 g/mol. The van der Waals surface area contributed by atoms with Crippen LogP contribution in [0.4, 0.5) is 4.79 Å². The lowest BCUT2D eigenvalue weighted by atomic mass is 9.88. The SMILES string of the molecule is CN1CCc2cc(Cl)c(OC(=O)n3cccc3)cc2[C@H](c2ccccc2)C1. The van der Waals surface area contributed by atoms with E-state index >= 15 is 0 Å². The second-order valence-corrected chi connectivity index (χ2v) is 7.32. The predicted octanol–water partition coefficient (Wildman–Crippen LogP) is 4.81. The van der Waals surface area contributed by atoms with Crippen LogP contribution in [-0.2, 0) is 6.42 Å². The van der Waals surface area contributed by atoms with Gasteiger partial charge in [0.1, 0.15) is 0 Å². The van der Waals surface area contributed by atoms with Crippen molar-refractivity contribution < 1.29 is 9.53 Å². The average Bonchev–Trinajstić information content (AvgIpc) is 3.17. The van der Waals surface area contributed by atoms with Crippen molar-refractivity contribution in [3.05, 3.63) is 88.7 Å². The van der Waals surface area contributed by atoms with Crippen molar-refractivity contribution in [1.82, 2.24) is 9.47 Å². The number of rotatable bonds is 2. The largest absolute Gasteiger partial charge is 0.423 e. The summed E-state index contributed by atoms with van der Waals surface area (Å²) in [7, 11) is 2.14. The Hall–Kier alpha value is -2.56. The van der Waals surface area contributed by atoms with Crippen LogP contribution >= 0.6 is 11.6 Å². The smallest absolute Gasteiger partial charge is 0.408 e. The third-order valence-corrected chi connectivity index (χ3v) is 5.34. The highest BCUT2D eigenvalue weighted by molar-refractivity contribution is 6.32. The van der Waals surface area contributed by atoms with E-state index in [4.69, 9.17) is 16.3 Å². The van der Waals surface area contributed by atoms with Gasteiger partial charge in [0.15, 0.2) is 5.75 Å². The molecule has 5 heteroatoms. The molecule has 0 N–H and O–H groups in total. The number of hydrogen-bond donors (Lipinski definition) is 0. The summed E-state index contributed by atoms with van der Waals surface area (Å²) in [6.45, 7) is 1.87. The molecule has 0 fully saturated rings. The van der Waals surface area contributed by atoms with E-state index < -0.39 is 6.09 Å². The summed E-state index contributed by atoms with van der Waals surface area (Å²) in [5.41, 5.74) is 3.63. The van der Waals surface area contributed by atoms with E-state index in [1.165, 1.54) is 21.3 Å². The fraction of sp³-hybridized carbons (Fsp3) is 0.227. The van der Waals surface area contributed by atoms with Crippen LogP contribution in [0, 0.1) is 0 Å². The molecule has 1 aliphatic rings. The van der Waals surface area contributed by atoms with Crippen molar-refractivity contribution in [1.29, 1.82) is 0 Å². The third kappa shape index (κ3) is 3.77. The molecule has 1 atom stereocenters. The van der Waals surface area contributed by atoms with Crippen molar-refractivity contribution >= 4 is 17.7 Å². The summed E-state index contributed by atoms with van der Waals surface area (Å²) in [5, 5.41) is 0.464. The van der Waals surface area contributed by atoms with Gasteiger partial charge in [0.2, 0.25) is 0 Å². The van der Waals surface area contributed by atoms with E-state index in [-0.39, 0.29) is 5.92 Å². The molecular formula is C22H21ClN2O2. The summed E-state index contributed by atoms with van der Waals surface area (Å²) >= 11 is 6.45. The van der Waals surface area contributed by atoms with Gasteiger partial charge in [-0.2, -0.15) is 0 Å². The maximum atomic E-state index is 12.3. The third-order valence-electron chi connectivity index (χ3n) is 5.04. The van der Waals surface area contributed by atoms with E-state index in [1.807, 2.05) is 18.2 Å². The van der Waals surface area contributed by atoms with E-state index in [1.54, 1.807) is 24.5 Å². The van der Waals surface area contributed by atoms with Crippen molar-refractivity contribution in [3.63, 3.8) is 0 Å². The summed E-state index contributed by atoms with van der Waals surface area (Å²) in [5.74, 6) is 0.606. The Morgan fingerprint density at radius 2 is 1.85 bits per heavy atom. The molecule has 0 saturated carbocycles. The number of ether oxygens (including phenoxy) is 1. The summed E-state index contributed by atoms with van der Waals surface area (Å²) in [4.78, 5) is 14.7. The molecule has 0 saturated heterocycles. The summed E-state index contributed by atoms with van der Waals surface area (Å²) < 4.78 is 6.98. The Labute approximate surface area is 163 Å². The normalized spacial score (nSPS) is 17.2. The van der Waals surface area contributed by atoms with E-state index in [0.717, 1.165) is 19.5 Å². The Bertz CT molecular complexity index is 938. The van der Waals surface area contributed by atoms with Crippen LogP contribution in [0.25, 0.3) is 0 Å². The number of halogens is 1. The number of fused-ring (bicyclic) bond motifs is 1. The molecule has 1 aromatic heterocycles.